The Morgan fingerprint density at radius 1 is 1.00 bits per heavy atom. The van der Waals surface area contributed by atoms with Gasteiger partial charge in [-0.1, -0.05) is 59.0 Å². The Morgan fingerprint density at radius 3 is 2.51 bits per heavy atom. The average molecular weight is 646 g/mol. The second-order valence-electron chi connectivity index (χ2n) is 9.69. The number of hydrogen-bond acceptors (Lipinski definition) is 7. The van der Waals surface area contributed by atoms with Crippen molar-refractivity contribution in [1.29, 1.82) is 0 Å². The molecule has 0 radical (unpaired) electrons. The molecule has 220 valence electrons. The van der Waals surface area contributed by atoms with E-state index in [1.54, 1.807) is 36.4 Å². The number of thiazole rings is 1. The van der Waals surface area contributed by atoms with Crippen LogP contribution in [0.4, 0.5) is 24.5 Å². The standard InChI is InChI=1S/C29H19ClF3N3O5S2/c30-15-9-10-19(41-13-20(37)34-16-6-4-5-14(11-16)29(31,32)33)18(12-15)21-22-24(42-25-23(21)43-28(40)35-25)27(39)36(26(22)38)17-7-2-1-3-8-17/h1-12,21-22,24H,13H2,(H,34,37)(H,35,40)/t21-,22-,24+/m0/s1. The van der Waals surface area contributed by atoms with Gasteiger partial charge in [0.25, 0.3) is 5.91 Å². The molecule has 1 saturated heterocycles. The van der Waals surface area contributed by atoms with E-state index in [2.05, 4.69) is 10.3 Å². The maximum absolute atomic E-state index is 13.9. The quantitative estimate of drug-likeness (QED) is 0.252. The SMILES string of the molecule is O=C(COc1ccc(Cl)cc1[C@@H]1c2sc(=O)[nH]c2S[C@H]2C(=O)N(c3ccccc3)C(=O)[C@@H]12)Nc1cccc(C(F)(F)F)c1. The first kappa shape index (κ1) is 29.0. The Morgan fingerprint density at radius 2 is 1.77 bits per heavy atom. The summed E-state index contributed by atoms with van der Waals surface area (Å²) in [4.78, 5) is 56.6. The van der Waals surface area contributed by atoms with E-state index in [1.807, 2.05) is 0 Å². The molecule has 0 saturated carbocycles. The lowest BCUT2D eigenvalue weighted by atomic mass is 9.82. The summed E-state index contributed by atoms with van der Waals surface area (Å²) in [6.45, 7) is -0.584. The average Bonchev–Trinajstić information content (AvgIpc) is 3.46. The van der Waals surface area contributed by atoms with Crippen LogP contribution in [0, 0.1) is 5.92 Å². The number of anilines is 2. The minimum absolute atomic E-state index is 0.0651. The molecule has 0 unspecified atom stereocenters. The van der Waals surface area contributed by atoms with E-state index in [0.29, 0.717) is 21.2 Å². The maximum Gasteiger partial charge on any atom is 0.416 e. The number of ether oxygens (including phenoxy) is 1. The van der Waals surface area contributed by atoms with Crippen molar-refractivity contribution in [2.24, 2.45) is 5.92 Å². The zero-order chi connectivity index (χ0) is 30.5. The van der Waals surface area contributed by atoms with Crippen molar-refractivity contribution in [2.75, 3.05) is 16.8 Å². The van der Waals surface area contributed by atoms with E-state index in [9.17, 15) is 32.3 Å². The fourth-order valence-electron chi connectivity index (χ4n) is 5.19. The number of hydrogen-bond donors (Lipinski definition) is 2. The van der Waals surface area contributed by atoms with Gasteiger partial charge >= 0.3 is 11.0 Å². The number of para-hydroxylation sites is 1. The fourth-order valence-corrected chi connectivity index (χ4v) is 7.88. The summed E-state index contributed by atoms with van der Waals surface area (Å²) in [6.07, 6.45) is -4.58. The molecule has 0 bridgehead atoms. The number of carbonyl (C=O) groups excluding carboxylic acids is 3. The first-order valence-electron chi connectivity index (χ1n) is 12.7. The minimum atomic E-state index is -4.58. The Labute approximate surface area is 254 Å². The lowest BCUT2D eigenvalue weighted by Gasteiger charge is -2.31. The molecule has 1 aromatic heterocycles. The number of carbonyl (C=O) groups is 3. The molecule has 14 heteroatoms. The Bertz CT molecular complexity index is 1810. The van der Waals surface area contributed by atoms with Crippen LogP contribution in [0.25, 0.3) is 0 Å². The number of aromatic nitrogens is 1. The minimum Gasteiger partial charge on any atom is -0.483 e. The highest BCUT2D eigenvalue weighted by Gasteiger charge is 2.56. The van der Waals surface area contributed by atoms with Gasteiger partial charge in [-0.25, -0.2) is 4.90 Å². The van der Waals surface area contributed by atoms with Crippen molar-refractivity contribution in [3.05, 3.63) is 103 Å². The number of amides is 3. The van der Waals surface area contributed by atoms with Crippen molar-refractivity contribution in [3.8, 4) is 5.75 Å². The van der Waals surface area contributed by atoms with Gasteiger partial charge in [-0.05, 0) is 48.5 Å². The van der Waals surface area contributed by atoms with E-state index in [4.69, 9.17) is 16.3 Å². The van der Waals surface area contributed by atoms with E-state index < -0.39 is 53.2 Å². The van der Waals surface area contributed by atoms with Crippen molar-refractivity contribution in [1.82, 2.24) is 4.98 Å². The smallest absolute Gasteiger partial charge is 0.416 e. The van der Waals surface area contributed by atoms with Gasteiger partial charge in [0.2, 0.25) is 11.8 Å². The largest absolute Gasteiger partial charge is 0.483 e. The van der Waals surface area contributed by atoms with Gasteiger partial charge in [0, 0.05) is 27.1 Å². The van der Waals surface area contributed by atoms with E-state index >= 15 is 0 Å². The van der Waals surface area contributed by atoms with Gasteiger partial charge in [0.1, 0.15) is 11.0 Å². The summed E-state index contributed by atoms with van der Waals surface area (Å²) >= 11 is 8.38. The fraction of sp³-hybridized carbons (Fsp3) is 0.172. The van der Waals surface area contributed by atoms with Crippen molar-refractivity contribution < 1.29 is 32.3 Å². The molecule has 8 nitrogen and oxygen atoms in total. The van der Waals surface area contributed by atoms with Crippen LogP contribution in [0.3, 0.4) is 0 Å². The number of alkyl halides is 3. The monoisotopic (exact) mass is 645 g/mol. The molecule has 0 spiro atoms. The molecule has 43 heavy (non-hydrogen) atoms. The van der Waals surface area contributed by atoms with Crippen LogP contribution >= 0.6 is 34.7 Å². The van der Waals surface area contributed by atoms with Gasteiger partial charge in [-0.3, -0.25) is 19.2 Å². The number of halogens is 4. The molecule has 2 aliphatic heterocycles. The summed E-state index contributed by atoms with van der Waals surface area (Å²) in [5.41, 5.74) is -0.193. The predicted molar refractivity (Wildman–Crippen MR) is 156 cm³/mol. The number of thioether (sulfide) groups is 1. The van der Waals surface area contributed by atoms with Gasteiger partial charge in [0.05, 0.1) is 22.2 Å². The molecule has 2 aliphatic rings. The first-order chi connectivity index (χ1) is 20.5. The molecule has 1 fully saturated rings. The summed E-state index contributed by atoms with van der Waals surface area (Å²) in [5, 5.41) is 2.26. The summed E-state index contributed by atoms with van der Waals surface area (Å²) < 4.78 is 45.1. The van der Waals surface area contributed by atoms with E-state index in [-0.39, 0.29) is 21.3 Å². The second-order valence-corrected chi connectivity index (χ2v) is 12.3. The number of fused-ring (bicyclic) bond motifs is 2. The van der Waals surface area contributed by atoms with Crippen LogP contribution in [0.1, 0.15) is 21.9 Å². The van der Waals surface area contributed by atoms with Gasteiger partial charge in [-0.15, -0.1) is 0 Å². The molecule has 3 heterocycles. The summed E-state index contributed by atoms with van der Waals surface area (Å²) in [6, 6.07) is 17.2. The van der Waals surface area contributed by atoms with Crippen LogP contribution in [-0.4, -0.2) is 34.6 Å². The summed E-state index contributed by atoms with van der Waals surface area (Å²) in [5.74, 6) is -3.21. The summed E-state index contributed by atoms with van der Waals surface area (Å²) in [7, 11) is 0. The molecule has 4 aromatic rings. The van der Waals surface area contributed by atoms with Crippen LogP contribution in [-0.2, 0) is 20.6 Å². The van der Waals surface area contributed by atoms with E-state index in [1.165, 1.54) is 24.3 Å². The van der Waals surface area contributed by atoms with E-state index in [0.717, 1.165) is 40.1 Å². The van der Waals surface area contributed by atoms with Crippen LogP contribution < -0.4 is 19.8 Å². The van der Waals surface area contributed by atoms with Crippen LogP contribution in [0.2, 0.25) is 5.02 Å². The number of H-pyrrole nitrogens is 1. The number of imide groups is 1. The highest BCUT2D eigenvalue weighted by molar-refractivity contribution is 8.00. The number of rotatable bonds is 6. The number of nitrogens with one attached hydrogen (secondary N) is 2. The highest BCUT2D eigenvalue weighted by atomic mass is 35.5. The van der Waals surface area contributed by atoms with Crippen molar-refractivity contribution >= 4 is 63.8 Å². The van der Waals surface area contributed by atoms with Crippen LogP contribution in [0.5, 0.6) is 5.75 Å². The topological polar surface area (TPSA) is 109 Å². The third-order valence-corrected chi connectivity index (χ3v) is 9.61. The lowest BCUT2D eigenvalue weighted by Crippen LogP contribution is -2.32. The zero-order valence-electron chi connectivity index (χ0n) is 21.7. The third-order valence-electron chi connectivity index (χ3n) is 6.98. The van der Waals surface area contributed by atoms with Gasteiger partial charge in [-0.2, -0.15) is 13.2 Å². The van der Waals surface area contributed by atoms with Crippen LogP contribution in [0.15, 0.2) is 82.6 Å². The first-order valence-corrected chi connectivity index (χ1v) is 14.8. The van der Waals surface area contributed by atoms with Crippen molar-refractivity contribution in [2.45, 2.75) is 22.4 Å². The molecule has 2 N–H and O–H groups in total. The lowest BCUT2D eigenvalue weighted by molar-refractivity contribution is -0.137. The molecule has 3 amide bonds. The zero-order valence-corrected chi connectivity index (χ0v) is 24.1. The second kappa shape index (κ2) is 11.2. The van der Waals surface area contributed by atoms with Gasteiger partial charge in [0.15, 0.2) is 6.61 Å². The molecular formula is C29H19ClF3N3O5S2. The van der Waals surface area contributed by atoms with Crippen molar-refractivity contribution in [3.63, 3.8) is 0 Å². The number of nitrogens with zero attached hydrogens (tertiary/aromatic N) is 1. The molecular weight excluding hydrogens is 627 g/mol. The Balaban J connectivity index is 1.32. The molecule has 3 atom stereocenters. The number of aromatic amines is 1. The molecule has 0 aliphatic carbocycles. The maximum atomic E-state index is 13.9. The highest BCUT2D eigenvalue weighted by Crippen LogP contribution is 2.54. The predicted octanol–water partition coefficient (Wildman–Crippen LogP) is 5.92. The third kappa shape index (κ3) is 5.55. The Hall–Kier alpha value is -4.07. The normalized spacial score (nSPS) is 19.6. The molecule has 6 rings (SSSR count). The number of benzene rings is 3. The Kier molecular flexibility index (Phi) is 7.57. The molecule has 3 aromatic carbocycles. The van der Waals surface area contributed by atoms with Gasteiger partial charge < -0.3 is 15.0 Å².